The minimum atomic E-state index is -0.111. The smallest absolute Gasteiger partial charge is 0.0633 e. The van der Waals surface area contributed by atoms with E-state index < -0.39 is 0 Å². The zero-order valence-corrected chi connectivity index (χ0v) is 13.1. The molecule has 3 heteroatoms. The molecule has 116 valence electrons. The first-order valence-electron chi connectivity index (χ1n) is 8.48. The molecule has 21 heavy (non-hydrogen) atoms. The van der Waals surface area contributed by atoms with Gasteiger partial charge in [-0.3, -0.25) is 0 Å². The van der Waals surface area contributed by atoms with Gasteiger partial charge in [-0.2, -0.15) is 0 Å². The van der Waals surface area contributed by atoms with E-state index in [9.17, 15) is 5.11 Å². The number of nitrogens with one attached hydrogen (secondary N) is 1. The highest BCUT2D eigenvalue weighted by molar-refractivity contribution is 5.55. The first kappa shape index (κ1) is 14.9. The molecule has 0 spiro atoms. The number of fused-ring (bicyclic) bond motifs is 1. The zero-order valence-electron chi connectivity index (χ0n) is 13.1. The van der Waals surface area contributed by atoms with Gasteiger partial charge in [-0.15, -0.1) is 0 Å². The number of benzene rings is 1. The van der Waals surface area contributed by atoms with Crippen molar-refractivity contribution in [2.75, 3.05) is 31.1 Å². The van der Waals surface area contributed by atoms with Crippen molar-refractivity contribution in [3.8, 4) is 0 Å². The molecule has 1 aliphatic carbocycles. The van der Waals surface area contributed by atoms with E-state index in [0.29, 0.717) is 5.92 Å². The molecule has 0 amide bonds. The molecule has 1 fully saturated rings. The standard InChI is InChI=1S/C18H28N2O/c1-2-11-19-18(14-21,16-9-10-16)13-20-12-5-7-15-6-3-4-8-17(15)20/h3-4,6,8,16,19,21H,2,5,7,9-14H2,1H3. The molecule has 1 heterocycles. The summed E-state index contributed by atoms with van der Waals surface area (Å²) in [6.45, 7) is 5.48. The van der Waals surface area contributed by atoms with Gasteiger partial charge in [-0.05, 0) is 56.2 Å². The Hall–Kier alpha value is -1.06. The Balaban J connectivity index is 1.80. The lowest BCUT2D eigenvalue weighted by atomic mass is 9.91. The van der Waals surface area contributed by atoms with Crippen molar-refractivity contribution in [1.82, 2.24) is 5.32 Å². The highest BCUT2D eigenvalue weighted by atomic mass is 16.3. The van der Waals surface area contributed by atoms with Gasteiger partial charge in [0.25, 0.3) is 0 Å². The summed E-state index contributed by atoms with van der Waals surface area (Å²) in [5.74, 6) is 0.642. The predicted molar refractivity (Wildman–Crippen MR) is 87.8 cm³/mol. The summed E-state index contributed by atoms with van der Waals surface area (Å²) in [5.41, 5.74) is 2.72. The first-order chi connectivity index (χ1) is 10.3. The summed E-state index contributed by atoms with van der Waals surface area (Å²) in [4.78, 5) is 2.50. The second-order valence-electron chi connectivity index (χ2n) is 6.67. The monoisotopic (exact) mass is 288 g/mol. The van der Waals surface area contributed by atoms with Crippen LogP contribution in [-0.4, -0.2) is 36.9 Å². The molecule has 2 aliphatic rings. The quantitative estimate of drug-likeness (QED) is 0.809. The van der Waals surface area contributed by atoms with Gasteiger partial charge in [0.1, 0.15) is 0 Å². The SMILES string of the molecule is CCCNC(CO)(CN1CCCc2ccccc21)C1CC1. The number of nitrogens with zero attached hydrogens (tertiary/aromatic N) is 1. The Bertz CT molecular complexity index is 472. The molecular formula is C18H28N2O. The van der Waals surface area contributed by atoms with Crippen molar-refractivity contribution >= 4 is 5.69 Å². The molecule has 1 aromatic carbocycles. The molecule has 0 radical (unpaired) electrons. The van der Waals surface area contributed by atoms with Crippen LogP contribution in [0.2, 0.25) is 0 Å². The van der Waals surface area contributed by atoms with E-state index in [4.69, 9.17) is 0 Å². The number of aliphatic hydroxyl groups is 1. The molecular weight excluding hydrogens is 260 g/mol. The summed E-state index contributed by atoms with van der Waals surface area (Å²) < 4.78 is 0. The number of hydrogen-bond donors (Lipinski definition) is 2. The number of para-hydroxylation sites is 1. The van der Waals surface area contributed by atoms with Gasteiger partial charge in [0.2, 0.25) is 0 Å². The normalized spacial score (nSPS) is 21.0. The van der Waals surface area contributed by atoms with E-state index in [-0.39, 0.29) is 12.1 Å². The largest absolute Gasteiger partial charge is 0.394 e. The Morgan fingerprint density at radius 1 is 1.33 bits per heavy atom. The van der Waals surface area contributed by atoms with Gasteiger partial charge in [-0.25, -0.2) is 0 Å². The molecule has 1 unspecified atom stereocenters. The van der Waals surface area contributed by atoms with Crippen molar-refractivity contribution in [3.63, 3.8) is 0 Å². The van der Waals surface area contributed by atoms with Crippen LogP contribution in [0.4, 0.5) is 5.69 Å². The van der Waals surface area contributed by atoms with Crippen molar-refractivity contribution in [1.29, 1.82) is 0 Å². The Kier molecular flexibility index (Phi) is 4.51. The van der Waals surface area contributed by atoms with Crippen LogP contribution in [-0.2, 0) is 6.42 Å². The lowest BCUT2D eigenvalue weighted by molar-refractivity contribution is 0.143. The highest BCUT2D eigenvalue weighted by Gasteiger charge is 2.45. The van der Waals surface area contributed by atoms with E-state index in [1.165, 1.54) is 36.9 Å². The Morgan fingerprint density at radius 3 is 2.86 bits per heavy atom. The lowest BCUT2D eigenvalue weighted by Crippen LogP contribution is -2.59. The van der Waals surface area contributed by atoms with Crippen LogP contribution in [0.1, 0.15) is 38.2 Å². The zero-order chi connectivity index (χ0) is 14.7. The van der Waals surface area contributed by atoms with E-state index in [1.807, 2.05) is 0 Å². The Morgan fingerprint density at radius 2 is 2.14 bits per heavy atom. The fourth-order valence-corrected chi connectivity index (χ4v) is 3.69. The van der Waals surface area contributed by atoms with Crippen LogP contribution in [0, 0.1) is 5.92 Å². The van der Waals surface area contributed by atoms with Crippen LogP contribution in [0.15, 0.2) is 24.3 Å². The summed E-state index contributed by atoms with van der Waals surface area (Å²) in [7, 11) is 0. The van der Waals surface area contributed by atoms with Crippen LogP contribution in [0.25, 0.3) is 0 Å². The predicted octanol–water partition coefficient (Wildman–Crippen LogP) is 2.58. The maximum Gasteiger partial charge on any atom is 0.0633 e. The van der Waals surface area contributed by atoms with Crippen molar-refractivity contribution in [3.05, 3.63) is 29.8 Å². The summed E-state index contributed by atoms with van der Waals surface area (Å²) in [6.07, 6.45) is 6.03. The molecule has 0 bridgehead atoms. The average molecular weight is 288 g/mol. The minimum Gasteiger partial charge on any atom is -0.394 e. The molecule has 3 rings (SSSR count). The first-order valence-corrected chi connectivity index (χ1v) is 8.48. The van der Waals surface area contributed by atoms with E-state index >= 15 is 0 Å². The van der Waals surface area contributed by atoms with Gasteiger partial charge in [0.15, 0.2) is 0 Å². The molecule has 1 aromatic rings. The number of rotatable bonds is 7. The highest BCUT2D eigenvalue weighted by Crippen LogP contribution is 2.41. The van der Waals surface area contributed by atoms with Gasteiger partial charge in [-0.1, -0.05) is 25.1 Å². The fourth-order valence-electron chi connectivity index (χ4n) is 3.69. The molecule has 0 saturated heterocycles. The van der Waals surface area contributed by atoms with Crippen LogP contribution in [0.5, 0.6) is 0 Å². The van der Waals surface area contributed by atoms with Gasteiger partial charge < -0.3 is 15.3 Å². The lowest BCUT2D eigenvalue weighted by Gasteiger charge is -2.41. The van der Waals surface area contributed by atoms with Crippen molar-refractivity contribution in [2.45, 2.75) is 44.6 Å². The number of anilines is 1. The van der Waals surface area contributed by atoms with Crippen LogP contribution < -0.4 is 10.2 Å². The molecule has 0 aromatic heterocycles. The molecule has 1 atom stereocenters. The summed E-state index contributed by atoms with van der Waals surface area (Å²) in [5, 5.41) is 13.8. The number of hydrogen-bond acceptors (Lipinski definition) is 3. The van der Waals surface area contributed by atoms with Gasteiger partial charge in [0, 0.05) is 18.8 Å². The third kappa shape index (κ3) is 3.09. The maximum atomic E-state index is 10.1. The van der Waals surface area contributed by atoms with Crippen molar-refractivity contribution < 1.29 is 5.11 Å². The number of aryl methyl sites for hydroxylation is 1. The van der Waals surface area contributed by atoms with Crippen LogP contribution in [0.3, 0.4) is 0 Å². The van der Waals surface area contributed by atoms with Gasteiger partial charge in [0.05, 0.1) is 12.1 Å². The summed E-state index contributed by atoms with van der Waals surface area (Å²) >= 11 is 0. The second kappa shape index (κ2) is 6.37. The van der Waals surface area contributed by atoms with E-state index in [1.54, 1.807) is 0 Å². The average Bonchev–Trinajstić information content (AvgIpc) is 3.37. The fraction of sp³-hybridized carbons (Fsp3) is 0.667. The third-order valence-electron chi connectivity index (χ3n) is 5.05. The van der Waals surface area contributed by atoms with E-state index in [0.717, 1.165) is 26.1 Å². The molecule has 1 saturated carbocycles. The number of aliphatic hydroxyl groups excluding tert-OH is 1. The Labute approximate surface area is 128 Å². The third-order valence-corrected chi connectivity index (χ3v) is 5.05. The molecule has 2 N–H and O–H groups in total. The van der Waals surface area contributed by atoms with E-state index in [2.05, 4.69) is 41.4 Å². The van der Waals surface area contributed by atoms with Crippen LogP contribution >= 0.6 is 0 Å². The molecule has 3 nitrogen and oxygen atoms in total. The second-order valence-corrected chi connectivity index (χ2v) is 6.67. The van der Waals surface area contributed by atoms with Gasteiger partial charge >= 0.3 is 0 Å². The minimum absolute atomic E-state index is 0.111. The topological polar surface area (TPSA) is 35.5 Å². The maximum absolute atomic E-state index is 10.1. The summed E-state index contributed by atoms with van der Waals surface area (Å²) in [6, 6.07) is 8.76. The van der Waals surface area contributed by atoms with Crippen molar-refractivity contribution in [2.24, 2.45) is 5.92 Å². The molecule has 1 aliphatic heterocycles.